The Morgan fingerprint density at radius 1 is 1.40 bits per heavy atom. The summed E-state index contributed by atoms with van der Waals surface area (Å²) < 4.78 is 26.2. The smallest absolute Gasteiger partial charge is 0.308 e. The lowest BCUT2D eigenvalue weighted by Crippen LogP contribution is -2.55. The van der Waals surface area contributed by atoms with Gasteiger partial charge in [-0.15, -0.1) is 0 Å². The van der Waals surface area contributed by atoms with Crippen LogP contribution in [0.4, 0.5) is 8.78 Å². The van der Waals surface area contributed by atoms with Gasteiger partial charge in [0.05, 0.1) is 12.5 Å². The molecule has 0 spiro atoms. The molecule has 1 aliphatic carbocycles. The van der Waals surface area contributed by atoms with Crippen molar-refractivity contribution >= 4 is 5.97 Å². The second-order valence-electron chi connectivity index (χ2n) is 4.52. The number of nitrogens with zero attached hydrogens (tertiary/aromatic N) is 1. The van der Waals surface area contributed by atoms with Crippen LogP contribution < -0.4 is 0 Å². The molecule has 1 heterocycles. The van der Waals surface area contributed by atoms with Crippen molar-refractivity contribution in [2.24, 2.45) is 5.92 Å². The zero-order valence-corrected chi connectivity index (χ0v) is 8.46. The number of alkyl halides is 2. The highest BCUT2D eigenvalue weighted by Gasteiger charge is 2.45. The summed E-state index contributed by atoms with van der Waals surface area (Å²) in [7, 11) is 0. The largest absolute Gasteiger partial charge is 0.481 e. The third-order valence-corrected chi connectivity index (χ3v) is 3.45. The zero-order chi connectivity index (χ0) is 11.1. The van der Waals surface area contributed by atoms with Crippen LogP contribution in [0.1, 0.15) is 25.7 Å². The molecule has 0 bridgehead atoms. The molecule has 1 aliphatic heterocycles. The molecule has 2 aliphatic rings. The van der Waals surface area contributed by atoms with Gasteiger partial charge in [-0.05, 0) is 25.8 Å². The Morgan fingerprint density at radius 3 is 2.60 bits per heavy atom. The standard InChI is InChI=1S/C10H15F2NO2/c11-10(12)4-1-5-13(6-10)8-3-2-7(8)9(14)15/h7-8H,1-6H2,(H,14,15). The lowest BCUT2D eigenvalue weighted by atomic mass is 9.77. The van der Waals surface area contributed by atoms with Gasteiger partial charge in [0.15, 0.2) is 0 Å². The number of hydrogen-bond donors (Lipinski definition) is 1. The average molecular weight is 219 g/mol. The van der Waals surface area contributed by atoms with E-state index in [1.165, 1.54) is 0 Å². The van der Waals surface area contributed by atoms with Gasteiger partial charge in [-0.2, -0.15) is 0 Å². The predicted molar refractivity (Wildman–Crippen MR) is 49.9 cm³/mol. The maximum Gasteiger partial charge on any atom is 0.308 e. The number of piperidine rings is 1. The average Bonchev–Trinajstić information content (AvgIpc) is 1.97. The first kappa shape index (κ1) is 10.8. The summed E-state index contributed by atoms with van der Waals surface area (Å²) in [6.45, 7) is 0.353. The molecule has 2 rings (SSSR count). The molecule has 0 amide bonds. The van der Waals surface area contributed by atoms with Crippen LogP contribution in [0.3, 0.4) is 0 Å². The van der Waals surface area contributed by atoms with Crippen molar-refractivity contribution in [2.45, 2.75) is 37.6 Å². The fourth-order valence-electron chi connectivity index (χ4n) is 2.49. The minimum Gasteiger partial charge on any atom is -0.481 e. The molecule has 1 saturated carbocycles. The molecule has 3 nitrogen and oxygen atoms in total. The summed E-state index contributed by atoms with van der Waals surface area (Å²) >= 11 is 0. The Hall–Kier alpha value is -0.710. The molecule has 1 saturated heterocycles. The summed E-state index contributed by atoms with van der Waals surface area (Å²) in [5, 5.41) is 8.85. The normalized spacial score (nSPS) is 35.9. The van der Waals surface area contributed by atoms with Crippen molar-refractivity contribution in [3.8, 4) is 0 Å². The number of halogens is 2. The molecular formula is C10H15F2NO2. The van der Waals surface area contributed by atoms with Crippen LogP contribution in [0.5, 0.6) is 0 Å². The van der Waals surface area contributed by atoms with Gasteiger partial charge in [0.1, 0.15) is 0 Å². The van der Waals surface area contributed by atoms with Crippen molar-refractivity contribution < 1.29 is 18.7 Å². The van der Waals surface area contributed by atoms with Crippen LogP contribution >= 0.6 is 0 Å². The molecule has 15 heavy (non-hydrogen) atoms. The van der Waals surface area contributed by atoms with E-state index in [1.54, 1.807) is 4.90 Å². The molecule has 5 heteroatoms. The molecule has 2 fully saturated rings. The van der Waals surface area contributed by atoms with Crippen LogP contribution in [0.2, 0.25) is 0 Å². The first-order chi connectivity index (χ1) is 6.99. The van der Waals surface area contributed by atoms with Gasteiger partial charge in [0, 0.05) is 12.5 Å². The highest BCUT2D eigenvalue weighted by molar-refractivity contribution is 5.72. The highest BCUT2D eigenvalue weighted by Crippen LogP contribution is 2.37. The molecule has 0 aromatic carbocycles. The molecular weight excluding hydrogens is 204 g/mol. The summed E-state index contributed by atoms with van der Waals surface area (Å²) in [6, 6.07) is -0.159. The van der Waals surface area contributed by atoms with E-state index in [9.17, 15) is 13.6 Å². The van der Waals surface area contributed by atoms with E-state index < -0.39 is 17.8 Å². The van der Waals surface area contributed by atoms with E-state index in [2.05, 4.69) is 0 Å². The Morgan fingerprint density at radius 2 is 2.13 bits per heavy atom. The van der Waals surface area contributed by atoms with E-state index in [-0.39, 0.29) is 19.0 Å². The zero-order valence-electron chi connectivity index (χ0n) is 8.46. The van der Waals surface area contributed by atoms with Crippen molar-refractivity contribution in [1.82, 2.24) is 4.90 Å². The second kappa shape index (κ2) is 3.70. The van der Waals surface area contributed by atoms with Crippen LogP contribution in [0, 0.1) is 5.92 Å². The molecule has 2 unspecified atom stereocenters. The van der Waals surface area contributed by atoms with E-state index in [0.717, 1.165) is 6.42 Å². The minimum absolute atomic E-state index is 0.0615. The lowest BCUT2D eigenvalue weighted by molar-refractivity contribution is -0.153. The van der Waals surface area contributed by atoms with E-state index in [4.69, 9.17) is 5.11 Å². The minimum atomic E-state index is -2.63. The SMILES string of the molecule is O=C(O)C1CCC1N1CCCC(F)(F)C1. The molecule has 0 radical (unpaired) electrons. The maximum absolute atomic E-state index is 13.1. The van der Waals surface area contributed by atoms with Crippen LogP contribution in [0.25, 0.3) is 0 Å². The lowest BCUT2D eigenvalue weighted by Gasteiger charge is -2.45. The quantitative estimate of drug-likeness (QED) is 0.766. The molecule has 1 N–H and O–H groups in total. The Labute approximate surface area is 87.1 Å². The Bertz CT molecular complexity index is 270. The number of carbonyl (C=O) groups is 1. The summed E-state index contributed by atoms with van der Waals surface area (Å²) in [4.78, 5) is 12.4. The van der Waals surface area contributed by atoms with Gasteiger partial charge < -0.3 is 5.11 Å². The van der Waals surface area contributed by atoms with Crippen molar-refractivity contribution in [3.05, 3.63) is 0 Å². The van der Waals surface area contributed by atoms with Gasteiger partial charge in [-0.3, -0.25) is 9.69 Å². The number of hydrogen-bond acceptors (Lipinski definition) is 2. The summed E-state index contributed by atoms with van der Waals surface area (Å²) in [6.07, 6.45) is 1.78. The third kappa shape index (κ3) is 2.12. The number of rotatable bonds is 2. The van der Waals surface area contributed by atoms with E-state index in [1.807, 2.05) is 0 Å². The van der Waals surface area contributed by atoms with Gasteiger partial charge in [0.25, 0.3) is 5.92 Å². The first-order valence-corrected chi connectivity index (χ1v) is 5.34. The third-order valence-electron chi connectivity index (χ3n) is 3.45. The van der Waals surface area contributed by atoms with Gasteiger partial charge in [-0.25, -0.2) is 8.78 Å². The topological polar surface area (TPSA) is 40.5 Å². The van der Waals surface area contributed by atoms with Crippen LogP contribution in [-0.2, 0) is 4.79 Å². The number of likely N-dealkylation sites (tertiary alicyclic amines) is 1. The fourth-order valence-corrected chi connectivity index (χ4v) is 2.49. The highest BCUT2D eigenvalue weighted by atomic mass is 19.3. The molecule has 0 aromatic rings. The summed E-state index contributed by atoms with van der Waals surface area (Å²) in [5.74, 6) is -3.91. The first-order valence-electron chi connectivity index (χ1n) is 5.34. The fraction of sp³-hybridized carbons (Fsp3) is 0.900. The number of aliphatic carboxylic acids is 1. The predicted octanol–water partition coefficient (Wildman–Crippen LogP) is 1.58. The van der Waals surface area contributed by atoms with E-state index >= 15 is 0 Å². The van der Waals surface area contributed by atoms with Crippen molar-refractivity contribution in [1.29, 1.82) is 0 Å². The van der Waals surface area contributed by atoms with Crippen LogP contribution in [-0.4, -0.2) is 41.0 Å². The Kier molecular flexibility index (Phi) is 2.66. The second-order valence-corrected chi connectivity index (χ2v) is 4.52. The van der Waals surface area contributed by atoms with Gasteiger partial charge in [-0.1, -0.05) is 0 Å². The van der Waals surface area contributed by atoms with E-state index in [0.29, 0.717) is 19.4 Å². The number of carboxylic acid groups (broad SMARTS) is 1. The van der Waals surface area contributed by atoms with Crippen molar-refractivity contribution in [2.75, 3.05) is 13.1 Å². The summed E-state index contributed by atoms with van der Waals surface area (Å²) in [5.41, 5.74) is 0. The molecule has 0 aromatic heterocycles. The maximum atomic E-state index is 13.1. The van der Waals surface area contributed by atoms with Gasteiger partial charge >= 0.3 is 5.97 Å². The monoisotopic (exact) mass is 219 g/mol. The van der Waals surface area contributed by atoms with Crippen molar-refractivity contribution in [3.63, 3.8) is 0 Å². The Balaban J connectivity index is 1.96. The molecule has 86 valence electrons. The van der Waals surface area contributed by atoms with Crippen LogP contribution in [0.15, 0.2) is 0 Å². The van der Waals surface area contributed by atoms with Gasteiger partial charge in [0.2, 0.25) is 0 Å². The number of carboxylic acids is 1. The molecule has 2 atom stereocenters.